The summed E-state index contributed by atoms with van der Waals surface area (Å²) in [7, 11) is 3.33. The van der Waals surface area contributed by atoms with E-state index in [1.54, 1.807) is 26.2 Å². The maximum Gasteiger partial charge on any atom is 0.272 e. The average Bonchev–Trinajstić information content (AvgIpc) is 2.87. The van der Waals surface area contributed by atoms with Gasteiger partial charge in [-0.2, -0.15) is 0 Å². The number of aromatic nitrogens is 4. The third-order valence-electron chi connectivity index (χ3n) is 2.35. The molecule has 2 heterocycles. The summed E-state index contributed by atoms with van der Waals surface area (Å²) in [6.45, 7) is 0. The molecule has 0 aliphatic carbocycles. The first kappa shape index (κ1) is 13.1. The van der Waals surface area contributed by atoms with Crippen LogP contribution in [0.15, 0.2) is 24.7 Å². The Morgan fingerprint density at radius 2 is 2.16 bits per heavy atom. The zero-order valence-electron chi connectivity index (χ0n) is 10.4. The largest absolute Gasteiger partial charge is 0.387 e. The molecule has 0 aliphatic rings. The van der Waals surface area contributed by atoms with Crippen molar-refractivity contribution in [2.75, 3.05) is 14.1 Å². The lowest BCUT2D eigenvalue weighted by atomic mass is 10.3. The molecule has 0 saturated carbocycles. The summed E-state index contributed by atoms with van der Waals surface area (Å²) < 4.78 is 1.49. The Bertz CT molecular complexity index is 636. The number of hydrogen-bond acceptors (Lipinski definition) is 5. The maximum absolute atomic E-state index is 11.8. The standard InChI is InChI=1S/C11H12N6OS/c1-16(2)11(18)8-5-7(3-4-13-8)17-6-14-10(15-17)9(12)19/h3-6H,1-2H3,(H2,12,19). The topological polar surface area (TPSA) is 89.9 Å². The summed E-state index contributed by atoms with van der Waals surface area (Å²) in [5, 5.41) is 4.11. The predicted molar refractivity (Wildman–Crippen MR) is 73.1 cm³/mol. The van der Waals surface area contributed by atoms with Crippen LogP contribution >= 0.6 is 12.2 Å². The minimum atomic E-state index is -0.184. The molecule has 0 aliphatic heterocycles. The van der Waals surface area contributed by atoms with Gasteiger partial charge in [-0.25, -0.2) is 9.67 Å². The van der Waals surface area contributed by atoms with E-state index in [9.17, 15) is 4.79 Å². The third kappa shape index (κ3) is 2.74. The molecule has 0 spiro atoms. The van der Waals surface area contributed by atoms with E-state index in [1.807, 2.05) is 0 Å². The van der Waals surface area contributed by atoms with E-state index in [0.29, 0.717) is 11.4 Å². The number of pyridine rings is 1. The summed E-state index contributed by atoms with van der Waals surface area (Å²) in [4.78, 5) is 21.4. The van der Waals surface area contributed by atoms with Crippen molar-refractivity contribution >= 4 is 23.1 Å². The molecule has 0 bridgehead atoms. The highest BCUT2D eigenvalue weighted by Crippen LogP contribution is 2.08. The Morgan fingerprint density at radius 1 is 1.42 bits per heavy atom. The van der Waals surface area contributed by atoms with E-state index in [0.717, 1.165) is 0 Å². The van der Waals surface area contributed by atoms with Crippen molar-refractivity contribution in [3.8, 4) is 5.69 Å². The van der Waals surface area contributed by atoms with Gasteiger partial charge in [-0.3, -0.25) is 9.78 Å². The second kappa shape index (κ2) is 5.11. The van der Waals surface area contributed by atoms with Crippen LogP contribution in [0, 0.1) is 0 Å². The molecule has 0 saturated heterocycles. The van der Waals surface area contributed by atoms with Crippen molar-refractivity contribution in [3.63, 3.8) is 0 Å². The Balaban J connectivity index is 2.37. The molecule has 98 valence electrons. The Kier molecular flexibility index (Phi) is 3.52. The van der Waals surface area contributed by atoms with Gasteiger partial charge in [0, 0.05) is 20.3 Å². The lowest BCUT2D eigenvalue weighted by molar-refractivity contribution is 0.0822. The number of nitrogens with zero attached hydrogens (tertiary/aromatic N) is 5. The van der Waals surface area contributed by atoms with Crippen molar-refractivity contribution in [1.82, 2.24) is 24.6 Å². The number of carbonyl (C=O) groups excluding carboxylic acids is 1. The molecule has 2 rings (SSSR count). The third-order valence-corrected chi connectivity index (χ3v) is 2.53. The van der Waals surface area contributed by atoms with Crippen molar-refractivity contribution in [2.45, 2.75) is 0 Å². The molecule has 1 amide bonds. The summed E-state index contributed by atoms with van der Waals surface area (Å²) in [6, 6.07) is 3.34. The van der Waals surface area contributed by atoms with E-state index in [-0.39, 0.29) is 16.7 Å². The molecule has 0 fully saturated rings. The maximum atomic E-state index is 11.8. The molecule has 19 heavy (non-hydrogen) atoms. The lowest BCUT2D eigenvalue weighted by Crippen LogP contribution is -2.22. The zero-order valence-corrected chi connectivity index (χ0v) is 11.3. The van der Waals surface area contributed by atoms with Gasteiger partial charge in [0.05, 0.1) is 5.69 Å². The van der Waals surface area contributed by atoms with Gasteiger partial charge in [0.25, 0.3) is 5.91 Å². The average molecular weight is 276 g/mol. The van der Waals surface area contributed by atoms with Gasteiger partial charge >= 0.3 is 0 Å². The fourth-order valence-electron chi connectivity index (χ4n) is 1.41. The zero-order chi connectivity index (χ0) is 14.0. The number of rotatable bonds is 3. The van der Waals surface area contributed by atoms with Crippen LogP contribution < -0.4 is 5.73 Å². The molecule has 0 unspecified atom stereocenters. The van der Waals surface area contributed by atoms with Gasteiger partial charge < -0.3 is 10.6 Å². The van der Waals surface area contributed by atoms with Gasteiger partial charge in [-0.1, -0.05) is 12.2 Å². The molecule has 0 aromatic carbocycles. The van der Waals surface area contributed by atoms with Crippen molar-refractivity contribution in [1.29, 1.82) is 0 Å². The predicted octanol–water partition coefficient (Wildman–Crippen LogP) is -0.00170. The van der Waals surface area contributed by atoms with E-state index in [4.69, 9.17) is 18.0 Å². The fraction of sp³-hybridized carbons (Fsp3) is 0.182. The smallest absolute Gasteiger partial charge is 0.272 e. The van der Waals surface area contributed by atoms with Gasteiger partial charge in [-0.15, -0.1) is 5.10 Å². The first-order chi connectivity index (χ1) is 8.99. The first-order valence-electron chi connectivity index (χ1n) is 5.38. The quantitative estimate of drug-likeness (QED) is 0.794. The lowest BCUT2D eigenvalue weighted by Gasteiger charge is -2.09. The minimum absolute atomic E-state index is 0.123. The van der Waals surface area contributed by atoms with Crippen LogP contribution in [-0.4, -0.2) is 49.6 Å². The molecular weight excluding hydrogens is 264 g/mol. The highest BCUT2D eigenvalue weighted by Gasteiger charge is 2.11. The van der Waals surface area contributed by atoms with E-state index in [1.165, 1.54) is 22.1 Å². The SMILES string of the molecule is CN(C)C(=O)c1cc(-n2cnc(C(N)=S)n2)ccn1. The van der Waals surface area contributed by atoms with Gasteiger partial charge in [0.15, 0.2) is 0 Å². The van der Waals surface area contributed by atoms with Crippen molar-refractivity contribution < 1.29 is 4.79 Å². The molecule has 8 heteroatoms. The molecule has 2 N–H and O–H groups in total. The van der Waals surface area contributed by atoms with Gasteiger partial charge in [-0.05, 0) is 12.1 Å². The summed E-state index contributed by atoms with van der Waals surface area (Å²) in [5.41, 5.74) is 6.43. The number of thiocarbonyl (C=S) groups is 1. The Morgan fingerprint density at radius 3 is 2.74 bits per heavy atom. The van der Waals surface area contributed by atoms with Crippen LogP contribution in [0.5, 0.6) is 0 Å². The number of hydrogen-bond donors (Lipinski definition) is 1. The minimum Gasteiger partial charge on any atom is -0.387 e. The molecule has 0 atom stereocenters. The van der Waals surface area contributed by atoms with Gasteiger partial charge in [0.2, 0.25) is 5.82 Å². The van der Waals surface area contributed by atoms with E-state index in [2.05, 4.69) is 15.1 Å². The van der Waals surface area contributed by atoms with Crippen LogP contribution in [0.3, 0.4) is 0 Å². The van der Waals surface area contributed by atoms with E-state index >= 15 is 0 Å². The summed E-state index contributed by atoms with van der Waals surface area (Å²) in [5.74, 6) is 0.101. The number of carbonyl (C=O) groups is 1. The molecule has 0 radical (unpaired) electrons. The monoisotopic (exact) mass is 276 g/mol. The fourth-order valence-corrected chi connectivity index (χ4v) is 1.50. The highest BCUT2D eigenvalue weighted by atomic mass is 32.1. The Hall–Kier alpha value is -2.35. The number of nitrogens with two attached hydrogens (primary N) is 1. The molecular formula is C11H12N6OS. The van der Waals surface area contributed by atoms with Crippen LogP contribution in [-0.2, 0) is 0 Å². The van der Waals surface area contributed by atoms with Crippen molar-refractivity contribution in [2.24, 2.45) is 5.73 Å². The van der Waals surface area contributed by atoms with Crippen LogP contribution in [0.1, 0.15) is 16.3 Å². The number of amides is 1. The molecule has 2 aromatic heterocycles. The highest BCUT2D eigenvalue weighted by molar-refractivity contribution is 7.80. The van der Waals surface area contributed by atoms with Crippen LogP contribution in [0.4, 0.5) is 0 Å². The normalized spacial score (nSPS) is 10.2. The van der Waals surface area contributed by atoms with Crippen LogP contribution in [0.2, 0.25) is 0 Å². The summed E-state index contributed by atoms with van der Waals surface area (Å²) in [6.07, 6.45) is 3.02. The summed E-state index contributed by atoms with van der Waals surface area (Å²) >= 11 is 4.79. The van der Waals surface area contributed by atoms with Crippen LogP contribution in [0.25, 0.3) is 5.69 Å². The first-order valence-corrected chi connectivity index (χ1v) is 5.79. The second-order valence-corrected chi connectivity index (χ2v) is 4.42. The van der Waals surface area contributed by atoms with E-state index < -0.39 is 0 Å². The van der Waals surface area contributed by atoms with Crippen molar-refractivity contribution in [3.05, 3.63) is 36.2 Å². The van der Waals surface area contributed by atoms with Gasteiger partial charge in [0.1, 0.15) is 17.0 Å². The molecule has 2 aromatic rings. The molecule has 7 nitrogen and oxygen atoms in total. The second-order valence-electron chi connectivity index (χ2n) is 3.98. The Labute approximate surface area is 115 Å².